The third-order valence-corrected chi connectivity index (χ3v) is 3.49. The molecule has 5 heteroatoms. The van der Waals surface area contributed by atoms with E-state index < -0.39 is 0 Å². The summed E-state index contributed by atoms with van der Waals surface area (Å²) in [4.78, 5) is 13.3. The van der Waals surface area contributed by atoms with Crippen molar-refractivity contribution in [2.24, 2.45) is 0 Å². The first-order valence-corrected chi connectivity index (χ1v) is 7.05. The summed E-state index contributed by atoms with van der Waals surface area (Å²) < 4.78 is 0. The molecule has 1 unspecified atom stereocenters. The van der Waals surface area contributed by atoms with Crippen LogP contribution in [0.5, 0.6) is 0 Å². The van der Waals surface area contributed by atoms with E-state index >= 15 is 0 Å². The molecule has 0 amide bonds. The molecule has 1 saturated heterocycles. The number of anilines is 2. The molecule has 3 heterocycles. The summed E-state index contributed by atoms with van der Waals surface area (Å²) in [7, 11) is 0. The minimum Gasteiger partial charge on any atom is -0.325 e. The van der Waals surface area contributed by atoms with Crippen molar-refractivity contribution in [1.29, 1.82) is 0 Å². The molecule has 0 aromatic carbocycles. The summed E-state index contributed by atoms with van der Waals surface area (Å²) in [6.07, 6.45) is 4.16. The van der Waals surface area contributed by atoms with Crippen molar-refractivity contribution in [3.8, 4) is 0 Å². The van der Waals surface area contributed by atoms with Crippen LogP contribution in [-0.4, -0.2) is 28.0 Å². The zero-order chi connectivity index (χ0) is 13.8. The lowest BCUT2D eigenvalue weighted by atomic mass is 9.96. The van der Waals surface area contributed by atoms with E-state index in [1.807, 2.05) is 31.2 Å². The molecule has 1 fully saturated rings. The Kier molecular flexibility index (Phi) is 3.87. The molecular weight excluding hydrogens is 250 g/mol. The Morgan fingerprint density at radius 3 is 2.95 bits per heavy atom. The number of aryl methyl sites for hydroxylation is 1. The fourth-order valence-electron chi connectivity index (χ4n) is 2.54. The van der Waals surface area contributed by atoms with Gasteiger partial charge in [0, 0.05) is 24.7 Å². The van der Waals surface area contributed by atoms with E-state index in [4.69, 9.17) is 0 Å². The second kappa shape index (κ2) is 5.96. The van der Waals surface area contributed by atoms with E-state index in [0.717, 1.165) is 36.2 Å². The molecule has 2 aromatic rings. The van der Waals surface area contributed by atoms with E-state index in [1.165, 1.54) is 12.8 Å². The fraction of sp³-hybridized carbons (Fsp3) is 0.400. The van der Waals surface area contributed by atoms with Crippen LogP contribution in [-0.2, 0) is 0 Å². The minimum absolute atomic E-state index is 0.481. The highest BCUT2D eigenvalue weighted by Gasteiger charge is 2.17. The van der Waals surface area contributed by atoms with Gasteiger partial charge in [0.1, 0.15) is 17.5 Å². The average Bonchev–Trinajstić information content (AvgIpc) is 2.49. The maximum atomic E-state index is 4.59. The van der Waals surface area contributed by atoms with Gasteiger partial charge in [-0.1, -0.05) is 6.07 Å². The third kappa shape index (κ3) is 3.11. The standard InChI is InChI=1S/C15H19N5/c1-11-18-13(12-5-4-7-16-10-12)9-15(19-11)20-14-6-2-3-8-17-14/h2-3,6,8-9,12,16H,4-5,7,10H2,1H3,(H,17,18,19,20). The van der Waals surface area contributed by atoms with E-state index in [-0.39, 0.29) is 0 Å². The molecule has 0 bridgehead atoms. The second-order valence-electron chi connectivity index (χ2n) is 5.11. The molecule has 104 valence electrons. The van der Waals surface area contributed by atoms with Crippen molar-refractivity contribution in [2.45, 2.75) is 25.7 Å². The molecule has 1 atom stereocenters. The van der Waals surface area contributed by atoms with E-state index in [0.29, 0.717) is 5.92 Å². The van der Waals surface area contributed by atoms with Gasteiger partial charge in [0.05, 0.1) is 5.69 Å². The summed E-state index contributed by atoms with van der Waals surface area (Å²) in [5.74, 6) is 2.90. The maximum Gasteiger partial charge on any atom is 0.135 e. The van der Waals surface area contributed by atoms with Crippen molar-refractivity contribution < 1.29 is 0 Å². The zero-order valence-corrected chi connectivity index (χ0v) is 11.6. The van der Waals surface area contributed by atoms with Crippen LogP contribution in [0.1, 0.15) is 30.3 Å². The molecule has 20 heavy (non-hydrogen) atoms. The van der Waals surface area contributed by atoms with E-state index in [2.05, 4.69) is 25.6 Å². The topological polar surface area (TPSA) is 62.7 Å². The van der Waals surface area contributed by atoms with Crippen molar-refractivity contribution in [3.05, 3.63) is 42.0 Å². The minimum atomic E-state index is 0.481. The highest BCUT2D eigenvalue weighted by atomic mass is 15.1. The first kappa shape index (κ1) is 13.0. The summed E-state index contributed by atoms with van der Waals surface area (Å²) in [6.45, 7) is 4.04. The number of nitrogens with one attached hydrogen (secondary N) is 2. The molecule has 1 aliphatic heterocycles. The Hall–Kier alpha value is -2.01. The Labute approximate surface area is 118 Å². The number of aromatic nitrogens is 3. The normalized spacial score (nSPS) is 18.8. The Bertz CT molecular complexity index is 564. The fourth-order valence-corrected chi connectivity index (χ4v) is 2.54. The Morgan fingerprint density at radius 1 is 1.25 bits per heavy atom. The largest absolute Gasteiger partial charge is 0.325 e. The van der Waals surface area contributed by atoms with Crippen LogP contribution in [0.2, 0.25) is 0 Å². The van der Waals surface area contributed by atoms with Crippen molar-refractivity contribution in [3.63, 3.8) is 0 Å². The highest BCUT2D eigenvalue weighted by molar-refractivity contribution is 5.51. The quantitative estimate of drug-likeness (QED) is 0.896. The van der Waals surface area contributed by atoms with Gasteiger partial charge in [-0.05, 0) is 38.4 Å². The van der Waals surface area contributed by atoms with Gasteiger partial charge in [0.15, 0.2) is 0 Å². The number of piperidine rings is 1. The zero-order valence-electron chi connectivity index (χ0n) is 11.6. The van der Waals surface area contributed by atoms with Gasteiger partial charge in [0.25, 0.3) is 0 Å². The number of pyridine rings is 1. The molecular formula is C15H19N5. The lowest BCUT2D eigenvalue weighted by Gasteiger charge is -2.22. The van der Waals surface area contributed by atoms with Gasteiger partial charge < -0.3 is 10.6 Å². The molecule has 0 radical (unpaired) electrons. The predicted octanol–water partition coefficient (Wildman–Crippen LogP) is 2.39. The van der Waals surface area contributed by atoms with Crippen LogP contribution in [0.15, 0.2) is 30.5 Å². The molecule has 3 rings (SSSR count). The summed E-state index contributed by atoms with van der Waals surface area (Å²) >= 11 is 0. The molecule has 5 nitrogen and oxygen atoms in total. The Balaban J connectivity index is 1.82. The lowest BCUT2D eigenvalue weighted by Crippen LogP contribution is -2.29. The van der Waals surface area contributed by atoms with Crippen LogP contribution >= 0.6 is 0 Å². The van der Waals surface area contributed by atoms with Gasteiger partial charge >= 0.3 is 0 Å². The number of rotatable bonds is 3. The van der Waals surface area contributed by atoms with Gasteiger partial charge in [-0.15, -0.1) is 0 Å². The highest BCUT2D eigenvalue weighted by Crippen LogP contribution is 2.24. The SMILES string of the molecule is Cc1nc(Nc2ccccn2)cc(C2CCCNC2)n1. The summed E-state index contributed by atoms with van der Waals surface area (Å²) in [5, 5.41) is 6.67. The molecule has 0 aliphatic carbocycles. The first-order valence-electron chi connectivity index (χ1n) is 7.05. The van der Waals surface area contributed by atoms with Crippen LogP contribution in [0.3, 0.4) is 0 Å². The van der Waals surface area contributed by atoms with Crippen molar-refractivity contribution in [2.75, 3.05) is 18.4 Å². The van der Waals surface area contributed by atoms with Crippen LogP contribution in [0.4, 0.5) is 11.6 Å². The van der Waals surface area contributed by atoms with Crippen LogP contribution < -0.4 is 10.6 Å². The average molecular weight is 269 g/mol. The van der Waals surface area contributed by atoms with Crippen molar-refractivity contribution >= 4 is 11.6 Å². The number of hydrogen-bond donors (Lipinski definition) is 2. The summed E-state index contributed by atoms with van der Waals surface area (Å²) in [6, 6.07) is 7.82. The van der Waals surface area contributed by atoms with Gasteiger partial charge in [-0.3, -0.25) is 0 Å². The van der Waals surface area contributed by atoms with Gasteiger partial charge in [-0.2, -0.15) is 0 Å². The monoisotopic (exact) mass is 269 g/mol. The van der Waals surface area contributed by atoms with Crippen LogP contribution in [0, 0.1) is 6.92 Å². The van der Waals surface area contributed by atoms with Crippen molar-refractivity contribution in [1.82, 2.24) is 20.3 Å². The lowest BCUT2D eigenvalue weighted by molar-refractivity contribution is 0.453. The van der Waals surface area contributed by atoms with Gasteiger partial charge in [0.2, 0.25) is 0 Å². The molecule has 2 aromatic heterocycles. The number of nitrogens with zero attached hydrogens (tertiary/aromatic N) is 3. The summed E-state index contributed by atoms with van der Waals surface area (Å²) in [5.41, 5.74) is 1.11. The molecule has 1 aliphatic rings. The van der Waals surface area contributed by atoms with E-state index in [9.17, 15) is 0 Å². The van der Waals surface area contributed by atoms with E-state index in [1.54, 1.807) is 6.20 Å². The third-order valence-electron chi connectivity index (χ3n) is 3.49. The molecule has 0 spiro atoms. The molecule has 0 saturated carbocycles. The predicted molar refractivity (Wildman–Crippen MR) is 79.1 cm³/mol. The van der Waals surface area contributed by atoms with Crippen LogP contribution in [0.25, 0.3) is 0 Å². The van der Waals surface area contributed by atoms with Gasteiger partial charge in [-0.25, -0.2) is 15.0 Å². The smallest absolute Gasteiger partial charge is 0.135 e. The number of hydrogen-bond acceptors (Lipinski definition) is 5. The Morgan fingerprint density at radius 2 is 2.20 bits per heavy atom. The molecule has 2 N–H and O–H groups in total. The first-order chi connectivity index (χ1) is 9.81. The maximum absolute atomic E-state index is 4.59. The second-order valence-corrected chi connectivity index (χ2v) is 5.11.